The van der Waals surface area contributed by atoms with Crippen molar-refractivity contribution in [3.8, 4) is 0 Å². The van der Waals surface area contributed by atoms with Gasteiger partial charge in [-0.2, -0.15) is 0 Å². The summed E-state index contributed by atoms with van der Waals surface area (Å²) in [5.41, 5.74) is 1.80. The van der Waals surface area contributed by atoms with Gasteiger partial charge in [0.1, 0.15) is 4.90 Å². The Bertz CT molecular complexity index is 1160. The number of piperidine rings is 1. The van der Waals surface area contributed by atoms with Crippen molar-refractivity contribution in [2.24, 2.45) is 11.8 Å². The van der Waals surface area contributed by atoms with Crippen LogP contribution in [-0.2, 0) is 24.3 Å². The van der Waals surface area contributed by atoms with Crippen molar-refractivity contribution in [2.75, 3.05) is 29.9 Å². The first kappa shape index (κ1) is 25.2. The summed E-state index contributed by atoms with van der Waals surface area (Å²) in [4.78, 5) is 26.7. The molecule has 1 amide bonds. The van der Waals surface area contributed by atoms with Gasteiger partial charge >= 0.3 is 5.97 Å². The van der Waals surface area contributed by atoms with E-state index < -0.39 is 16.1 Å². The number of carbonyl (C=O) groups is 2. The molecule has 2 aromatic carbocycles. The lowest BCUT2D eigenvalue weighted by Gasteiger charge is -2.34. The van der Waals surface area contributed by atoms with E-state index in [0.717, 1.165) is 24.8 Å². The number of ether oxygens (including phenoxy) is 1. The van der Waals surface area contributed by atoms with E-state index in [0.29, 0.717) is 37.5 Å². The summed E-state index contributed by atoms with van der Waals surface area (Å²) in [6.07, 6.45) is 3.16. The van der Waals surface area contributed by atoms with Gasteiger partial charge in [0.05, 0.1) is 18.2 Å². The highest BCUT2D eigenvalue weighted by Crippen LogP contribution is 2.34. The highest BCUT2D eigenvalue weighted by Gasteiger charge is 2.32. The molecule has 2 atom stereocenters. The van der Waals surface area contributed by atoms with E-state index in [-0.39, 0.29) is 28.6 Å². The van der Waals surface area contributed by atoms with Crippen molar-refractivity contribution >= 4 is 33.3 Å². The Morgan fingerprint density at radius 2 is 1.83 bits per heavy atom. The van der Waals surface area contributed by atoms with Gasteiger partial charge in [0.2, 0.25) is 15.9 Å². The lowest BCUT2D eigenvalue weighted by Crippen LogP contribution is -2.40. The second-order valence-corrected chi connectivity index (χ2v) is 10.9. The molecule has 1 aliphatic heterocycles. The van der Waals surface area contributed by atoms with Crippen molar-refractivity contribution in [3.05, 3.63) is 54.1 Å². The lowest BCUT2D eigenvalue weighted by molar-refractivity contribution is -0.148. The molecule has 0 spiro atoms. The Morgan fingerprint density at radius 1 is 1.09 bits per heavy atom. The van der Waals surface area contributed by atoms with Crippen molar-refractivity contribution in [3.63, 3.8) is 0 Å². The van der Waals surface area contributed by atoms with Crippen LogP contribution in [0.4, 0.5) is 11.4 Å². The van der Waals surface area contributed by atoms with Crippen LogP contribution in [0.5, 0.6) is 0 Å². The third-order valence-electron chi connectivity index (χ3n) is 6.48. The Kier molecular flexibility index (Phi) is 7.76. The van der Waals surface area contributed by atoms with Crippen LogP contribution in [0.1, 0.15) is 51.1 Å². The zero-order valence-electron chi connectivity index (χ0n) is 20.2. The molecule has 188 valence electrons. The molecule has 0 aromatic heterocycles. The van der Waals surface area contributed by atoms with E-state index >= 15 is 0 Å². The summed E-state index contributed by atoms with van der Waals surface area (Å²) in [5, 5.41) is 2.85. The molecule has 4 rings (SSSR count). The average Bonchev–Trinajstić information content (AvgIpc) is 3.70. The maximum Gasteiger partial charge on any atom is 0.310 e. The first-order chi connectivity index (χ1) is 16.8. The molecule has 2 fully saturated rings. The van der Waals surface area contributed by atoms with Crippen LogP contribution >= 0.6 is 0 Å². The third-order valence-corrected chi connectivity index (χ3v) is 8.05. The van der Waals surface area contributed by atoms with Gasteiger partial charge in [0, 0.05) is 30.7 Å². The normalized spacial score (nSPS) is 19.1. The van der Waals surface area contributed by atoms with Crippen molar-refractivity contribution in [2.45, 2.75) is 50.5 Å². The number of hydrogen-bond acceptors (Lipinski definition) is 6. The number of anilines is 2. The van der Waals surface area contributed by atoms with Gasteiger partial charge in [-0.3, -0.25) is 9.59 Å². The molecule has 8 nitrogen and oxygen atoms in total. The summed E-state index contributed by atoms with van der Waals surface area (Å²) >= 11 is 0. The molecule has 35 heavy (non-hydrogen) atoms. The molecule has 1 saturated carbocycles. The first-order valence-corrected chi connectivity index (χ1v) is 13.7. The van der Waals surface area contributed by atoms with Gasteiger partial charge in [-0.05, 0) is 63.3 Å². The van der Waals surface area contributed by atoms with E-state index in [9.17, 15) is 18.0 Å². The molecule has 2 aromatic rings. The summed E-state index contributed by atoms with van der Waals surface area (Å²) in [6, 6.07) is 13.9. The maximum atomic E-state index is 13.6. The average molecular weight is 500 g/mol. The van der Waals surface area contributed by atoms with Crippen LogP contribution in [0.25, 0.3) is 0 Å². The molecule has 1 aliphatic carbocycles. The number of carbonyl (C=O) groups excluding carboxylic acids is 2. The number of amides is 1. The summed E-state index contributed by atoms with van der Waals surface area (Å²) in [7, 11) is -3.96. The van der Waals surface area contributed by atoms with E-state index in [4.69, 9.17) is 4.74 Å². The van der Waals surface area contributed by atoms with Gasteiger partial charge in [-0.15, -0.1) is 0 Å². The minimum absolute atomic E-state index is 0.00149. The van der Waals surface area contributed by atoms with Crippen molar-refractivity contribution in [1.82, 2.24) is 4.72 Å². The predicted molar refractivity (Wildman–Crippen MR) is 135 cm³/mol. The number of benzene rings is 2. The minimum Gasteiger partial charge on any atom is -0.466 e. The van der Waals surface area contributed by atoms with Crippen molar-refractivity contribution in [1.29, 1.82) is 0 Å². The topological polar surface area (TPSA) is 105 Å². The molecular weight excluding hydrogens is 466 g/mol. The number of rotatable bonds is 9. The van der Waals surface area contributed by atoms with Crippen LogP contribution in [0.15, 0.2) is 53.4 Å². The number of sulfonamides is 1. The quantitative estimate of drug-likeness (QED) is 0.508. The zero-order valence-corrected chi connectivity index (χ0v) is 21.0. The summed E-state index contributed by atoms with van der Waals surface area (Å²) < 4.78 is 35.3. The lowest BCUT2D eigenvalue weighted by atomic mass is 9.97. The van der Waals surface area contributed by atoms with Gasteiger partial charge in [0.15, 0.2) is 0 Å². The SMILES string of the molecule is CCOC(=O)[C@H]1CCCN(c2ccc(NC(=O)C3CC3)cc2S(=O)(=O)N[C@H](C)c2ccccc2)C1. The smallest absolute Gasteiger partial charge is 0.310 e. The van der Waals surface area contributed by atoms with Gasteiger partial charge in [-0.25, -0.2) is 13.1 Å². The van der Waals surface area contributed by atoms with Crippen LogP contribution in [-0.4, -0.2) is 40.0 Å². The standard InChI is InChI=1S/C26H33N3O5S/c1-3-34-26(31)21-10-7-15-29(17-21)23-14-13-22(27-25(30)20-11-12-20)16-24(23)35(32,33)28-18(2)19-8-5-4-6-9-19/h4-6,8-9,13-14,16,18,20-21,28H,3,7,10-12,15,17H2,1-2H3,(H,27,30)/t18-,21+/m1/s1. The highest BCUT2D eigenvalue weighted by atomic mass is 32.2. The Labute approximate surface area is 207 Å². The fourth-order valence-corrected chi connectivity index (χ4v) is 5.90. The van der Waals surface area contributed by atoms with Gasteiger partial charge < -0.3 is 15.0 Å². The summed E-state index contributed by atoms with van der Waals surface area (Å²) in [6.45, 7) is 4.88. The Hall–Kier alpha value is -2.91. The van der Waals surface area contributed by atoms with E-state index in [1.54, 1.807) is 26.0 Å². The monoisotopic (exact) mass is 499 g/mol. The van der Waals surface area contributed by atoms with Crippen LogP contribution in [0, 0.1) is 11.8 Å². The molecular formula is C26H33N3O5S. The largest absolute Gasteiger partial charge is 0.466 e. The molecule has 0 radical (unpaired) electrons. The minimum atomic E-state index is -3.96. The fourth-order valence-electron chi connectivity index (χ4n) is 4.41. The number of nitrogens with one attached hydrogen (secondary N) is 2. The Morgan fingerprint density at radius 3 is 2.51 bits per heavy atom. The molecule has 2 aliphatic rings. The maximum absolute atomic E-state index is 13.6. The van der Waals surface area contributed by atoms with E-state index in [1.165, 1.54) is 6.07 Å². The molecule has 2 N–H and O–H groups in total. The second kappa shape index (κ2) is 10.8. The molecule has 1 saturated heterocycles. The van der Waals surface area contributed by atoms with Gasteiger partial charge in [0.25, 0.3) is 0 Å². The number of esters is 1. The number of nitrogens with zero attached hydrogens (tertiary/aromatic N) is 1. The molecule has 9 heteroatoms. The number of hydrogen-bond donors (Lipinski definition) is 2. The molecule has 1 heterocycles. The van der Waals surface area contributed by atoms with Crippen LogP contribution < -0.4 is 14.9 Å². The van der Waals surface area contributed by atoms with Crippen LogP contribution in [0.3, 0.4) is 0 Å². The predicted octanol–water partition coefficient (Wildman–Crippen LogP) is 3.85. The summed E-state index contributed by atoms with van der Waals surface area (Å²) in [5.74, 6) is -0.666. The zero-order chi connectivity index (χ0) is 25.0. The molecule has 0 bridgehead atoms. The van der Waals surface area contributed by atoms with E-state index in [1.807, 2.05) is 35.2 Å². The van der Waals surface area contributed by atoms with Crippen LogP contribution in [0.2, 0.25) is 0 Å². The third kappa shape index (κ3) is 6.21. The van der Waals surface area contributed by atoms with E-state index in [2.05, 4.69) is 10.0 Å². The van der Waals surface area contributed by atoms with Crippen molar-refractivity contribution < 1.29 is 22.7 Å². The van der Waals surface area contributed by atoms with Gasteiger partial charge in [-0.1, -0.05) is 30.3 Å². The fraction of sp³-hybridized carbons (Fsp3) is 0.462. The molecule has 0 unspecified atom stereocenters. The highest BCUT2D eigenvalue weighted by molar-refractivity contribution is 7.89. The Balaban J connectivity index is 1.65. The second-order valence-electron chi connectivity index (χ2n) is 9.24. The first-order valence-electron chi connectivity index (χ1n) is 12.2.